The van der Waals surface area contributed by atoms with Crippen LogP contribution in [-0.4, -0.2) is 27.9 Å². The quantitative estimate of drug-likeness (QED) is 0.575. The molecule has 0 spiro atoms. The summed E-state index contributed by atoms with van der Waals surface area (Å²) in [4.78, 5) is 34.0. The molecule has 1 N–H and O–H groups in total. The Morgan fingerprint density at radius 2 is 1.97 bits per heavy atom. The molecule has 3 rings (SSSR count). The fourth-order valence-corrected chi connectivity index (χ4v) is 3.39. The van der Waals surface area contributed by atoms with E-state index in [0.29, 0.717) is 27.9 Å². The average molecular weight is 432 g/mol. The number of aromatic nitrogens is 2. The maximum atomic E-state index is 12.9. The summed E-state index contributed by atoms with van der Waals surface area (Å²) in [5.74, 6) is -1.00. The van der Waals surface area contributed by atoms with Crippen molar-refractivity contribution in [2.45, 2.75) is 33.3 Å². The Hall–Kier alpha value is -2.70. The number of hydrogen-bond donors (Lipinski definition) is 1. The largest absolute Gasteiger partial charge is 0.449 e. The van der Waals surface area contributed by atoms with Crippen LogP contribution in [0.3, 0.4) is 0 Å². The zero-order chi connectivity index (χ0) is 21.1. The van der Waals surface area contributed by atoms with Gasteiger partial charge in [-0.15, -0.1) is 0 Å². The number of esters is 1. The Morgan fingerprint density at radius 1 is 1.24 bits per heavy atom. The van der Waals surface area contributed by atoms with Crippen molar-refractivity contribution in [3.8, 4) is 0 Å². The molecule has 1 atom stereocenters. The number of nitrogens with one attached hydrogen (secondary N) is 1. The van der Waals surface area contributed by atoms with E-state index in [-0.39, 0.29) is 10.8 Å². The Morgan fingerprint density at radius 3 is 2.66 bits per heavy atom. The molecule has 0 radical (unpaired) electrons. The van der Waals surface area contributed by atoms with Crippen LogP contribution in [0.2, 0.25) is 10.0 Å². The van der Waals surface area contributed by atoms with E-state index in [9.17, 15) is 9.59 Å². The van der Waals surface area contributed by atoms with E-state index in [4.69, 9.17) is 27.9 Å². The number of carbonyl (C=O) groups is 2. The van der Waals surface area contributed by atoms with Gasteiger partial charge in [0.25, 0.3) is 5.91 Å². The summed E-state index contributed by atoms with van der Waals surface area (Å²) < 4.78 is 5.45. The number of aryl methyl sites for hydroxylation is 1. The third kappa shape index (κ3) is 4.49. The summed E-state index contributed by atoms with van der Waals surface area (Å²) in [6.07, 6.45) is 0.971. The van der Waals surface area contributed by atoms with Crippen LogP contribution in [-0.2, 0) is 16.0 Å². The minimum Gasteiger partial charge on any atom is -0.449 e. The second-order valence-electron chi connectivity index (χ2n) is 6.45. The fourth-order valence-electron chi connectivity index (χ4n) is 2.96. The van der Waals surface area contributed by atoms with Crippen LogP contribution in [0.5, 0.6) is 0 Å². The molecule has 0 bridgehead atoms. The summed E-state index contributed by atoms with van der Waals surface area (Å²) in [6, 6.07) is 8.80. The standard InChI is InChI=1S/C21H19Cl2N3O3/c1-4-16-11(2)18(14-7-5-6-8-17(14)25-16)21(28)29-12(3)20(27)26-19-15(23)9-13(22)10-24-19/h5-10,12H,4H2,1-3H3,(H,24,26,27). The van der Waals surface area contributed by atoms with Gasteiger partial charge in [0.2, 0.25) is 0 Å². The molecule has 0 aliphatic heterocycles. The molecular formula is C21H19Cl2N3O3. The molecule has 29 heavy (non-hydrogen) atoms. The highest BCUT2D eigenvalue weighted by Crippen LogP contribution is 2.25. The van der Waals surface area contributed by atoms with E-state index in [2.05, 4.69) is 15.3 Å². The monoisotopic (exact) mass is 431 g/mol. The zero-order valence-electron chi connectivity index (χ0n) is 16.1. The highest BCUT2D eigenvalue weighted by Gasteiger charge is 2.24. The van der Waals surface area contributed by atoms with Crippen LogP contribution in [0, 0.1) is 6.92 Å². The molecule has 3 aromatic rings. The van der Waals surface area contributed by atoms with Crippen LogP contribution in [0.4, 0.5) is 5.82 Å². The number of halogens is 2. The normalized spacial score (nSPS) is 11.9. The number of fused-ring (bicyclic) bond motifs is 1. The van der Waals surface area contributed by atoms with Gasteiger partial charge in [-0.25, -0.2) is 9.78 Å². The molecular weight excluding hydrogens is 413 g/mol. The van der Waals surface area contributed by atoms with Crippen LogP contribution in [0.25, 0.3) is 10.9 Å². The molecule has 8 heteroatoms. The lowest BCUT2D eigenvalue weighted by atomic mass is 10.0. The molecule has 0 saturated carbocycles. The molecule has 0 fully saturated rings. The number of hydrogen-bond acceptors (Lipinski definition) is 5. The molecule has 2 heterocycles. The first-order valence-corrected chi connectivity index (χ1v) is 9.78. The van der Waals surface area contributed by atoms with E-state index in [1.807, 2.05) is 38.1 Å². The summed E-state index contributed by atoms with van der Waals surface area (Å²) in [6.45, 7) is 5.28. The van der Waals surface area contributed by atoms with E-state index in [1.165, 1.54) is 19.2 Å². The van der Waals surface area contributed by atoms with E-state index < -0.39 is 18.0 Å². The van der Waals surface area contributed by atoms with Crippen molar-refractivity contribution in [2.75, 3.05) is 5.32 Å². The first-order chi connectivity index (χ1) is 13.8. The predicted octanol–water partition coefficient (Wildman–Crippen LogP) is 4.99. The Bertz CT molecular complexity index is 1100. The van der Waals surface area contributed by atoms with E-state index in [0.717, 1.165) is 11.3 Å². The number of nitrogens with zero attached hydrogens (tertiary/aromatic N) is 2. The van der Waals surface area contributed by atoms with Gasteiger partial charge in [0.1, 0.15) is 0 Å². The average Bonchev–Trinajstić information content (AvgIpc) is 2.69. The number of pyridine rings is 2. The van der Waals surface area contributed by atoms with Crippen molar-refractivity contribution in [1.29, 1.82) is 0 Å². The van der Waals surface area contributed by atoms with Crippen LogP contribution >= 0.6 is 23.2 Å². The molecule has 0 aliphatic carbocycles. The number of carbonyl (C=O) groups excluding carboxylic acids is 2. The number of rotatable bonds is 5. The van der Waals surface area contributed by atoms with E-state index >= 15 is 0 Å². The fraction of sp³-hybridized carbons (Fsp3) is 0.238. The lowest BCUT2D eigenvalue weighted by molar-refractivity contribution is -0.123. The first kappa shape index (κ1) is 21.0. The number of ether oxygens (including phenoxy) is 1. The minimum atomic E-state index is -1.06. The van der Waals surface area contributed by atoms with Gasteiger partial charge < -0.3 is 10.1 Å². The van der Waals surface area contributed by atoms with Crippen molar-refractivity contribution in [1.82, 2.24) is 9.97 Å². The summed E-state index contributed by atoms with van der Waals surface area (Å²) in [5.41, 5.74) is 2.67. The van der Waals surface area contributed by atoms with Gasteiger partial charge in [-0.05, 0) is 38.0 Å². The SMILES string of the molecule is CCc1nc2ccccc2c(C(=O)OC(C)C(=O)Nc2ncc(Cl)cc2Cl)c1C. The highest BCUT2D eigenvalue weighted by molar-refractivity contribution is 6.36. The van der Waals surface area contributed by atoms with Gasteiger partial charge in [-0.3, -0.25) is 9.78 Å². The van der Waals surface area contributed by atoms with Gasteiger partial charge in [0.05, 0.1) is 21.1 Å². The molecule has 1 amide bonds. The van der Waals surface area contributed by atoms with Crippen LogP contribution < -0.4 is 5.32 Å². The Labute approximate surface area is 178 Å². The number of para-hydroxylation sites is 1. The third-order valence-corrected chi connectivity index (χ3v) is 4.97. The van der Waals surface area contributed by atoms with Gasteiger partial charge in [-0.2, -0.15) is 0 Å². The molecule has 0 aliphatic rings. The molecule has 1 aromatic carbocycles. The van der Waals surface area contributed by atoms with Crippen molar-refractivity contribution >= 4 is 51.8 Å². The molecule has 2 aromatic heterocycles. The van der Waals surface area contributed by atoms with Crippen molar-refractivity contribution < 1.29 is 14.3 Å². The topological polar surface area (TPSA) is 81.2 Å². The van der Waals surface area contributed by atoms with Crippen molar-refractivity contribution in [3.63, 3.8) is 0 Å². The van der Waals surface area contributed by atoms with Crippen LogP contribution in [0.15, 0.2) is 36.5 Å². The van der Waals surface area contributed by atoms with Gasteiger partial charge in [0.15, 0.2) is 11.9 Å². The van der Waals surface area contributed by atoms with Gasteiger partial charge in [-0.1, -0.05) is 48.3 Å². The minimum absolute atomic E-state index is 0.141. The molecule has 6 nitrogen and oxygen atoms in total. The number of benzene rings is 1. The predicted molar refractivity (Wildman–Crippen MR) is 114 cm³/mol. The number of amides is 1. The first-order valence-electron chi connectivity index (χ1n) is 9.03. The summed E-state index contributed by atoms with van der Waals surface area (Å²) in [5, 5.41) is 3.76. The Kier molecular flexibility index (Phi) is 6.35. The van der Waals surface area contributed by atoms with E-state index in [1.54, 1.807) is 0 Å². The third-order valence-electron chi connectivity index (χ3n) is 4.48. The smallest absolute Gasteiger partial charge is 0.339 e. The van der Waals surface area contributed by atoms with Crippen LogP contribution in [0.1, 0.15) is 35.5 Å². The van der Waals surface area contributed by atoms with Gasteiger partial charge >= 0.3 is 5.97 Å². The molecule has 150 valence electrons. The number of anilines is 1. The lowest BCUT2D eigenvalue weighted by Crippen LogP contribution is -2.30. The lowest BCUT2D eigenvalue weighted by Gasteiger charge is -2.17. The summed E-state index contributed by atoms with van der Waals surface area (Å²) in [7, 11) is 0. The van der Waals surface area contributed by atoms with Crippen molar-refractivity contribution in [2.24, 2.45) is 0 Å². The Balaban J connectivity index is 1.84. The summed E-state index contributed by atoms with van der Waals surface area (Å²) >= 11 is 11.8. The van der Waals surface area contributed by atoms with Gasteiger partial charge in [0, 0.05) is 17.3 Å². The maximum absolute atomic E-state index is 12.9. The molecule has 1 unspecified atom stereocenters. The second kappa shape index (κ2) is 8.76. The molecule has 0 saturated heterocycles. The second-order valence-corrected chi connectivity index (χ2v) is 7.29. The zero-order valence-corrected chi connectivity index (χ0v) is 17.6. The maximum Gasteiger partial charge on any atom is 0.339 e. The highest BCUT2D eigenvalue weighted by atomic mass is 35.5. The van der Waals surface area contributed by atoms with Crippen molar-refractivity contribution in [3.05, 3.63) is 63.4 Å².